The van der Waals surface area contributed by atoms with Crippen molar-refractivity contribution in [2.75, 3.05) is 18.0 Å². The molecule has 8 nitrogen and oxygen atoms in total. The molecule has 0 radical (unpaired) electrons. The monoisotopic (exact) mass is 551 g/mol. The highest BCUT2D eigenvalue weighted by Crippen LogP contribution is 2.26. The van der Waals surface area contributed by atoms with Gasteiger partial charge in [0.05, 0.1) is 17.7 Å². The maximum absolute atomic E-state index is 13.9. The van der Waals surface area contributed by atoms with Crippen LogP contribution in [0.3, 0.4) is 0 Å². The highest BCUT2D eigenvalue weighted by atomic mass is 32.2. The van der Waals surface area contributed by atoms with Gasteiger partial charge >= 0.3 is 0 Å². The van der Waals surface area contributed by atoms with Gasteiger partial charge in [0.15, 0.2) is 0 Å². The number of sulfonamides is 1. The fraction of sp³-hybridized carbons (Fsp3) is 0.333. The third-order valence-corrected chi connectivity index (χ3v) is 8.07. The maximum Gasteiger partial charge on any atom is 0.264 e. The molecule has 39 heavy (non-hydrogen) atoms. The summed E-state index contributed by atoms with van der Waals surface area (Å²) < 4.78 is 34.0. The number of carbonyl (C=O) groups is 2. The number of methoxy groups -OCH3 is 1. The van der Waals surface area contributed by atoms with E-state index in [4.69, 9.17) is 4.74 Å². The number of hydrogen-bond donors (Lipinski definition) is 1. The third kappa shape index (κ3) is 7.60. The fourth-order valence-corrected chi connectivity index (χ4v) is 5.52. The zero-order valence-electron chi connectivity index (χ0n) is 23.3. The zero-order valence-corrected chi connectivity index (χ0v) is 24.2. The Bertz CT molecular complexity index is 1390. The normalized spacial score (nSPS) is 12.1. The number of anilines is 1. The fourth-order valence-electron chi connectivity index (χ4n) is 4.11. The Balaban J connectivity index is 2.03. The van der Waals surface area contributed by atoms with Gasteiger partial charge in [-0.15, -0.1) is 0 Å². The molecule has 0 aliphatic rings. The van der Waals surface area contributed by atoms with Crippen molar-refractivity contribution in [3.63, 3.8) is 0 Å². The SMILES string of the molecule is COc1ccc(S(=O)(=O)N(CC(=O)N(Cc2cccc(C)c2)[C@@H](C)C(=O)NC(C)C)c2ccc(C)cc2)cc1. The van der Waals surface area contributed by atoms with Crippen LogP contribution in [0.25, 0.3) is 0 Å². The number of aryl methyl sites for hydroxylation is 2. The summed E-state index contributed by atoms with van der Waals surface area (Å²) in [6, 6.07) is 19.7. The van der Waals surface area contributed by atoms with E-state index in [9.17, 15) is 18.0 Å². The summed E-state index contributed by atoms with van der Waals surface area (Å²) in [7, 11) is -2.64. The molecule has 3 aromatic carbocycles. The molecule has 2 amide bonds. The molecule has 0 fully saturated rings. The number of nitrogens with one attached hydrogen (secondary N) is 1. The standard InChI is InChI=1S/C30H37N3O5S/c1-21(2)31-30(35)24(5)32(19-25-9-7-8-23(4)18-25)29(34)20-33(26-12-10-22(3)11-13-26)39(36,37)28-16-14-27(38-6)15-17-28/h7-18,21,24H,19-20H2,1-6H3,(H,31,35)/t24-/m0/s1. The average Bonchev–Trinajstić information content (AvgIpc) is 2.90. The molecule has 1 N–H and O–H groups in total. The predicted molar refractivity (Wildman–Crippen MR) is 153 cm³/mol. The Hall–Kier alpha value is -3.85. The van der Waals surface area contributed by atoms with Gasteiger partial charge in [-0.3, -0.25) is 13.9 Å². The molecule has 9 heteroatoms. The lowest BCUT2D eigenvalue weighted by Gasteiger charge is -2.32. The van der Waals surface area contributed by atoms with Crippen LogP contribution < -0.4 is 14.4 Å². The van der Waals surface area contributed by atoms with E-state index < -0.39 is 28.5 Å². The molecular weight excluding hydrogens is 514 g/mol. The third-order valence-electron chi connectivity index (χ3n) is 6.28. The number of amides is 2. The van der Waals surface area contributed by atoms with Crippen LogP contribution in [-0.4, -0.2) is 50.9 Å². The smallest absolute Gasteiger partial charge is 0.264 e. The van der Waals surface area contributed by atoms with E-state index in [0.29, 0.717) is 11.4 Å². The molecule has 0 unspecified atom stereocenters. The first-order valence-electron chi connectivity index (χ1n) is 12.8. The van der Waals surface area contributed by atoms with Crippen molar-refractivity contribution in [2.45, 2.75) is 58.1 Å². The van der Waals surface area contributed by atoms with Crippen molar-refractivity contribution >= 4 is 27.5 Å². The van der Waals surface area contributed by atoms with E-state index in [2.05, 4.69) is 5.32 Å². The highest BCUT2D eigenvalue weighted by Gasteiger charge is 2.32. The summed E-state index contributed by atoms with van der Waals surface area (Å²) in [5.74, 6) is -0.298. The number of ether oxygens (including phenoxy) is 1. The largest absolute Gasteiger partial charge is 0.497 e. The first-order chi connectivity index (χ1) is 18.4. The van der Waals surface area contributed by atoms with Crippen molar-refractivity contribution in [1.29, 1.82) is 0 Å². The lowest BCUT2D eigenvalue weighted by molar-refractivity contribution is -0.139. The van der Waals surface area contributed by atoms with Crippen molar-refractivity contribution < 1.29 is 22.7 Å². The molecule has 0 aliphatic heterocycles. The van der Waals surface area contributed by atoms with Crippen LogP contribution in [-0.2, 0) is 26.2 Å². The summed E-state index contributed by atoms with van der Waals surface area (Å²) in [5, 5.41) is 2.86. The van der Waals surface area contributed by atoms with Crippen LogP contribution in [0.2, 0.25) is 0 Å². The quantitative estimate of drug-likeness (QED) is 0.380. The number of nitrogens with zero attached hydrogens (tertiary/aromatic N) is 2. The molecule has 0 spiro atoms. The van der Waals surface area contributed by atoms with E-state index in [1.165, 1.54) is 24.1 Å². The average molecular weight is 552 g/mol. The Morgan fingerprint density at radius 3 is 2.10 bits per heavy atom. The lowest BCUT2D eigenvalue weighted by Crippen LogP contribution is -2.52. The van der Waals surface area contributed by atoms with Crippen molar-refractivity contribution in [3.8, 4) is 5.75 Å². The molecule has 1 atom stereocenters. The van der Waals surface area contributed by atoms with Gasteiger partial charge in [0, 0.05) is 12.6 Å². The Kier molecular flexibility index (Phi) is 9.75. The van der Waals surface area contributed by atoms with Gasteiger partial charge in [-0.05, 0) is 76.6 Å². The van der Waals surface area contributed by atoms with Crippen molar-refractivity contribution in [3.05, 3.63) is 89.5 Å². The first kappa shape index (κ1) is 29.7. The van der Waals surface area contributed by atoms with Gasteiger partial charge in [-0.25, -0.2) is 8.42 Å². The molecular formula is C30H37N3O5S. The van der Waals surface area contributed by atoms with Gasteiger partial charge in [0.1, 0.15) is 18.3 Å². The molecule has 3 aromatic rings. The van der Waals surface area contributed by atoms with Gasteiger partial charge < -0.3 is 15.0 Å². The minimum atomic E-state index is -4.14. The number of rotatable bonds is 11. The second kappa shape index (κ2) is 12.8. The van der Waals surface area contributed by atoms with Crippen LogP contribution in [0.1, 0.15) is 37.5 Å². The molecule has 0 aliphatic carbocycles. The number of benzene rings is 3. The second-order valence-corrected chi connectivity index (χ2v) is 11.7. The van der Waals surface area contributed by atoms with Crippen molar-refractivity contribution in [1.82, 2.24) is 10.2 Å². The Labute approximate surface area is 231 Å². The van der Waals surface area contributed by atoms with Gasteiger partial charge in [-0.1, -0.05) is 47.5 Å². The van der Waals surface area contributed by atoms with Crippen LogP contribution in [0.5, 0.6) is 5.75 Å². The molecule has 208 valence electrons. The summed E-state index contributed by atoms with van der Waals surface area (Å²) >= 11 is 0. The van der Waals surface area contributed by atoms with E-state index in [1.54, 1.807) is 43.3 Å². The minimum Gasteiger partial charge on any atom is -0.497 e. The predicted octanol–water partition coefficient (Wildman–Crippen LogP) is 4.45. The summed E-state index contributed by atoms with van der Waals surface area (Å²) in [6.45, 7) is 8.86. The maximum atomic E-state index is 13.9. The summed E-state index contributed by atoms with van der Waals surface area (Å²) in [4.78, 5) is 28.3. The topological polar surface area (TPSA) is 96.0 Å². The summed E-state index contributed by atoms with van der Waals surface area (Å²) in [6.07, 6.45) is 0. The van der Waals surface area contributed by atoms with Gasteiger partial charge in [-0.2, -0.15) is 0 Å². The van der Waals surface area contributed by atoms with E-state index in [0.717, 1.165) is 21.0 Å². The van der Waals surface area contributed by atoms with Gasteiger partial charge in [0.2, 0.25) is 11.8 Å². The van der Waals surface area contributed by atoms with Crippen LogP contribution >= 0.6 is 0 Å². The molecule has 0 aromatic heterocycles. The Morgan fingerprint density at radius 2 is 1.54 bits per heavy atom. The highest BCUT2D eigenvalue weighted by molar-refractivity contribution is 7.92. The van der Waals surface area contributed by atoms with Crippen LogP contribution in [0.15, 0.2) is 77.7 Å². The Morgan fingerprint density at radius 1 is 0.897 bits per heavy atom. The van der Waals surface area contributed by atoms with E-state index >= 15 is 0 Å². The lowest BCUT2D eigenvalue weighted by atomic mass is 10.1. The first-order valence-corrected chi connectivity index (χ1v) is 14.2. The molecule has 0 heterocycles. The molecule has 0 saturated carbocycles. The van der Waals surface area contributed by atoms with E-state index in [1.807, 2.05) is 52.0 Å². The van der Waals surface area contributed by atoms with Crippen LogP contribution in [0, 0.1) is 13.8 Å². The van der Waals surface area contributed by atoms with Crippen LogP contribution in [0.4, 0.5) is 5.69 Å². The summed E-state index contributed by atoms with van der Waals surface area (Å²) in [5.41, 5.74) is 3.15. The molecule has 0 bridgehead atoms. The number of hydrogen-bond acceptors (Lipinski definition) is 5. The number of carbonyl (C=O) groups excluding carboxylic acids is 2. The van der Waals surface area contributed by atoms with E-state index in [-0.39, 0.29) is 23.4 Å². The van der Waals surface area contributed by atoms with Crippen molar-refractivity contribution in [2.24, 2.45) is 0 Å². The minimum absolute atomic E-state index is 0.0208. The van der Waals surface area contributed by atoms with Gasteiger partial charge in [0.25, 0.3) is 10.0 Å². The zero-order chi connectivity index (χ0) is 28.7. The molecule has 3 rings (SSSR count). The molecule has 0 saturated heterocycles. The second-order valence-electron chi connectivity index (χ2n) is 9.87.